The predicted octanol–water partition coefficient (Wildman–Crippen LogP) is 2.30. The monoisotopic (exact) mass is 430 g/mol. The van der Waals surface area contributed by atoms with Crippen LogP contribution in [0.2, 0.25) is 0 Å². The second-order valence-electron chi connectivity index (χ2n) is 6.52. The quantitative estimate of drug-likeness (QED) is 0.430. The molecule has 0 heterocycles. The Bertz CT molecular complexity index is 722. The molecule has 9 nitrogen and oxygen atoms in total. The highest BCUT2D eigenvalue weighted by Crippen LogP contribution is 2.49. The van der Waals surface area contributed by atoms with Crippen LogP contribution in [0.15, 0.2) is 28.7 Å². The number of rotatable bonds is 5. The number of nitrogens with zero attached hydrogens (tertiary/aromatic N) is 2. The lowest BCUT2D eigenvalue weighted by Gasteiger charge is -2.42. The van der Waals surface area contributed by atoms with Gasteiger partial charge >= 0.3 is 11.5 Å². The largest absolute Gasteiger partial charge is 0.461 e. The van der Waals surface area contributed by atoms with Gasteiger partial charge in [0, 0.05) is 20.7 Å². The third-order valence-electron chi connectivity index (χ3n) is 4.89. The molecule has 0 spiro atoms. The van der Waals surface area contributed by atoms with Crippen LogP contribution in [0.25, 0.3) is 0 Å². The maximum Gasteiger partial charge on any atom is 0.385 e. The number of esters is 1. The summed E-state index contributed by atoms with van der Waals surface area (Å²) in [6.07, 6.45) is -0.637. The fourth-order valence-corrected chi connectivity index (χ4v) is 3.87. The molecule has 0 aliphatic heterocycles. The first kappa shape index (κ1) is 20.2. The number of hydrogen-bond acceptors (Lipinski definition) is 7. The SMILES string of the molecule is CCOC(=O)[C@]1([N+](=O)[O-])CC[C@](C)(O)[C@H]([N+](=O)[O-])[C@H]1c1ccc(Br)cc1. The van der Waals surface area contributed by atoms with E-state index < -0.39 is 38.9 Å². The van der Waals surface area contributed by atoms with Gasteiger partial charge in [-0.1, -0.05) is 28.1 Å². The van der Waals surface area contributed by atoms with E-state index in [1.165, 1.54) is 26.0 Å². The second-order valence-corrected chi connectivity index (χ2v) is 7.43. The van der Waals surface area contributed by atoms with Crippen molar-refractivity contribution in [3.05, 3.63) is 54.5 Å². The Labute approximate surface area is 157 Å². The lowest BCUT2D eigenvalue weighted by Crippen LogP contribution is -2.66. The molecule has 1 aliphatic carbocycles. The Morgan fingerprint density at radius 2 is 1.88 bits per heavy atom. The van der Waals surface area contributed by atoms with E-state index in [-0.39, 0.29) is 25.0 Å². The van der Waals surface area contributed by atoms with E-state index in [2.05, 4.69) is 15.9 Å². The van der Waals surface area contributed by atoms with E-state index in [1.54, 1.807) is 12.1 Å². The molecule has 0 amide bonds. The fraction of sp³-hybridized carbons (Fsp3) is 0.562. The molecule has 1 aromatic rings. The van der Waals surface area contributed by atoms with Gasteiger partial charge in [-0.25, -0.2) is 4.79 Å². The summed E-state index contributed by atoms with van der Waals surface area (Å²) < 4.78 is 5.59. The Hall–Kier alpha value is -2.07. The minimum Gasteiger partial charge on any atom is -0.461 e. The van der Waals surface area contributed by atoms with E-state index in [4.69, 9.17) is 4.74 Å². The molecule has 0 saturated heterocycles. The van der Waals surface area contributed by atoms with Crippen molar-refractivity contribution >= 4 is 21.9 Å². The van der Waals surface area contributed by atoms with Crippen LogP contribution in [0.1, 0.15) is 38.2 Å². The number of nitro groups is 2. The zero-order chi connectivity index (χ0) is 19.7. The fourth-order valence-electron chi connectivity index (χ4n) is 3.61. The van der Waals surface area contributed by atoms with Crippen molar-refractivity contribution in [2.24, 2.45) is 0 Å². The highest BCUT2D eigenvalue weighted by atomic mass is 79.9. The summed E-state index contributed by atoms with van der Waals surface area (Å²) in [5.41, 5.74) is -3.93. The molecule has 0 unspecified atom stereocenters. The van der Waals surface area contributed by atoms with Crippen LogP contribution in [0.4, 0.5) is 0 Å². The number of carbonyl (C=O) groups excluding carboxylic acids is 1. The maximum absolute atomic E-state index is 12.6. The van der Waals surface area contributed by atoms with Gasteiger partial charge in [0.25, 0.3) is 6.04 Å². The van der Waals surface area contributed by atoms with E-state index in [9.17, 15) is 30.1 Å². The van der Waals surface area contributed by atoms with E-state index >= 15 is 0 Å². The molecule has 1 saturated carbocycles. The van der Waals surface area contributed by atoms with Crippen LogP contribution in [0, 0.1) is 20.2 Å². The van der Waals surface area contributed by atoms with Crippen LogP contribution >= 0.6 is 15.9 Å². The summed E-state index contributed by atoms with van der Waals surface area (Å²) in [5, 5.41) is 34.4. The van der Waals surface area contributed by atoms with Crippen molar-refractivity contribution in [1.29, 1.82) is 0 Å². The van der Waals surface area contributed by atoms with Crippen molar-refractivity contribution in [2.75, 3.05) is 6.61 Å². The number of ether oxygens (including phenoxy) is 1. The van der Waals surface area contributed by atoms with Crippen LogP contribution in [0.3, 0.4) is 0 Å². The standard InChI is InChI=1S/C16H19BrN2O7/c1-3-26-14(20)16(19(24)25)9-8-15(2,21)13(18(22)23)12(16)10-4-6-11(17)7-5-10/h4-7,12-13,21H,3,8-9H2,1-2H3/t12-,13-,15+,16+/m1/s1. The molecule has 26 heavy (non-hydrogen) atoms. The Kier molecular flexibility index (Phi) is 5.67. The van der Waals surface area contributed by atoms with Crippen LogP contribution in [-0.4, -0.2) is 44.7 Å². The highest BCUT2D eigenvalue weighted by Gasteiger charge is 2.71. The minimum absolute atomic E-state index is 0.0962. The number of aliphatic hydroxyl groups is 1. The summed E-state index contributed by atoms with van der Waals surface area (Å²) in [4.78, 5) is 34.9. The van der Waals surface area contributed by atoms with Gasteiger partial charge in [0.2, 0.25) is 0 Å². The number of halogens is 1. The molecule has 0 aromatic heterocycles. The van der Waals surface area contributed by atoms with Gasteiger partial charge in [-0.05, 0) is 38.0 Å². The molecular formula is C16H19BrN2O7. The molecule has 0 bridgehead atoms. The number of benzene rings is 1. The lowest BCUT2D eigenvalue weighted by molar-refractivity contribution is -0.608. The van der Waals surface area contributed by atoms with Crippen molar-refractivity contribution in [3.8, 4) is 0 Å². The number of carbonyl (C=O) groups is 1. The van der Waals surface area contributed by atoms with Crippen molar-refractivity contribution in [1.82, 2.24) is 0 Å². The van der Waals surface area contributed by atoms with E-state index in [1.807, 2.05) is 0 Å². The second kappa shape index (κ2) is 7.28. The van der Waals surface area contributed by atoms with Crippen molar-refractivity contribution in [2.45, 2.75) is 49.8 Å². The third kappa shape index (κ3) is 3.30. The molecule has 2 rings (SSSR count). The topological polar surface area (TPSA) is 133 Å². The van der Waals surface area contributed by atoms with Gasteiger partial charge in [-0.15, -0.1) is 0 Å². The Morgan fingerprint density at radius 1 is 1.31 bits per heavy atom. The molecule has 1 aromatic carbocycles. The summed E-state index contributed by atoms with van der Waals surface area (Å²) in [7, 11) is 0. The average Bonchev–Trinajstić information content (AvgIpc) is 2.54. The zero-order valence-corrected chi connectivity index (χ0v) is 15.8. The molecule has 1 fully saturated rings. The summed E-state index contributed by atoms with van der Waals surface area (Å²) in [6.45, 7) is 2.67. The van der Waals surface area contributed by atoms with E-state index in [0.717, 1.165) is 0 Å². The number of hydrogen-bond donors (Lipinski definition) is 1. The average molecular weight is 431 g/mol. The summed E-state index contributed by atoms with van der Waals surface area (Å²) in [6, 6.07) is 4.36. The van der Waals surface area contributed by atoms with Crippen LogP contribution < -0.4 is 0 Å². The van der Waals surface area contributed by atoms with Crippen molar-refractivity contribution in [3.63, 3.8) is 0 Å². The van der Waals surface area contributed by atoms with Gasteiger partial charge < -0.3 is 9.84 Å². The van der Waals surface area contributed by atoms with Crippen LogP contribution in [0.5, 0.6) is 0 Å². The van der Waals surface area contributed by atoms with Gasteiger partial charge in [0.05, 0.1) is 6.61 Å². The molecule has 10 heteroatoms. The zero-order valence-electron chi connectivity index (χ0n) is 14.3. The third-order valence-corrected chi connectivity index (χ3v) is 5.42. The molecule has 1 N–H and O–H groups in total. The molecule has 4 atom stereocenters. The highest BCUT2D eigenvalue weighted by molar-refractivity contribution is 9.10. The first-order valence-corrected chi connectivity index (χ1v) is 8.80. The minimum atomic E-state index is -2.34. The normalized spacial score (nSPS) is 31.2. The van der Waals surface area contributed by atoms with Crippen LogP contribution in [-0.2, 0) is 9.53 Å². The maximum atomic E-state index is 12.6. The Balaban J connectivity index is 2.75. The first-order chi connectivity index (χ1) is 12.1. The van der Waals surface area contributed by atoms with Crippen molar-refractivity contribution < 1.29 is 24.5 Å². The molecule has 0 radical (unpaired) electrons. The van der Waals surface area contributed by atoms with Gasteiger partial charge in [-0.2, -0.15) is 0 Å². The summed E-state index contributed by atoms with van der Waals surface area (Å²) >= 11 is 3.24. The Morgan fingerprint density at radius 3 is 2.35 bits per heavy atom. The van der Waals surface area contributed by atoms with Gasteiger partial charge in [0.1, 0.15) is 11.5 Å². The predicted molar refractivity (Wildman–Crippen MR) is 93.9 cm³/mol. The smallest absolute Gasteiger partial charge is 0.385 e. The summed E-state index contributed by atoms with van der Waals surface area (Å²) in [5.74, 6) is -2.61. The van der Waals surface area contributed by atoms with Gasteiger partial charge in [-0.3, -0.25) is 20.2 Å². The molecular weight excluding hydrogens is 412 g/mol. The molecule has 142 valence electrons. The van der Waals surface area contributed by atoms with Gasteiger partial charge in [0.15, 0.2) is 0 Å². The molecule has 1 aliphatic rings. The first-order valence-electron chi connectivity index (χ1n) is 8.01. The lowest BCUT2D eigenvalue weighted by atomic mass is 9.62. The van der Waals surface area contributed by atoms with E-state index in [0.29, 0.717) is 4.47 Å².